The molecular formula is C26H35N3O6S. The van der Waals surface area contributed by atoms with Gasteiger partial charge in [0.1, 0.15) is 18.3 Å². The van der Waals surface area contributed by atoms with Crippen LogP contribution in [-0.4, -0.2) is 63.4 Å². The first-order chi connectivity index (χ1) is 16.8. The van der Waals surface area contributed by atoms with Gasteiger partial charge in [-0.2, -0.15) is 0 Å². The number of ether oxygens (including phenoxy) is 1. The van der Waals surface area contributed by atoms with Crippen molar-refractivity contribution in [2.24, 2.45) is 5.92 Å². The number of anilines is 1. The molecule has 10 heteroatoms. The van der Waals surface area contributed by atoms with Crippen molar-refractivity contribution in [3.63, 3.8) is 0 Å². The van der Waals surface area contributed by atoms with E-state index in [2.05, 4.69) is 5.32 Å². The standard InChI is InChI=1S/C26H35N3O6S/c1-18(2)15-27-26(32)19(3)28(16-21-10-12-24(35-5)13-11-21)25(31)17-29(36(6,33)34)23-9-7-8-22(14-23)20(4)30/h7-14,18-19H,15-17H2,1-6H3,(H,27,32)/t19-/m1/s1. The average Bonchev–Trinajstić information content (AvgIpc) is 2.83. The van der Waals surface area contributed by atoms with Crippen LogP contribution in [0.4, 0.5) is 5.69 Å². The van der Waals surface area contributed by atoms with Gasteiger partial charge in [0.15, 0.2) is 5.78 Å². The topological polar surface area (TPSA) is 113 Å². The number of rotatable bonds is 12. The Morgan fingerprint density at radius 3 is 2.19 bits per heavy atom. The van der Waals surface area contributed by atoms with Crippen molar-refractivity contribution in [3.8, 4) is 5.75 Å². The molecule has 0 radical (unpaired) electrons. The number of methoxy groups -OCH3 is 1. The van der Waals surface area contributed by atoms with Gasteiger partial charge in [-0.3, -0.25) is 18.7 Å². The highest BCUT2D eigenvalue weighted by Gasteiger charge is 2.30. The normalized spacial score (nSPS) is 12.1. The monoisotopic (exact) mass is 517 g/mol. The number of amides is 2. The molecule has 2 aromatic carbocycles. The molecule has 0 saturated carbocycles. The molecule has 0 aromatic heterocycles. The summed E-state index contributed by atoms with van der Waals surface area (Å²) in [6.45, 7) is 6.92. The summed E-state index contributed by atoms with van der Waals surface area (Å²) in [5.41, 5.74) is 1.27. The van der Waals surface area contributed by atoms with Crippen LogP contribution in [-0.2, 0) is 26.2 Å². The van der Waals surface area contributed by atoms with E-state index in [9.17, 15) is 22.8 Å². The highest BCUT2D eigenvalue weighted by atomic mass is 32.2. The molecule has 0 aliphatic rings. The molecule has 0 bridgehead atoms. The summed E-state index contributed by atoms with van der Waals surface area (Å²) in [6, 6.07) is 12.3. The molecule has 0 unspecified atom stereocenters. The number of Topliss-reactive ketones (excluding diaryl/α,β-unsaturated/α-hetero) is 1. The first kappa shape index (κ1) is 28.8. The van der Waals surface area contributed by atoms with Gasteiger partial charge in [0.2, 0.25) is 21.8 Å². The van der Waals surface area contributed by atoms with Crippen molar-refractivity contribution >= 4 is 33.3 Å². The second kappa shape index (κ2) is 12.5. The van der Waals surface area contributed by atoms with Crippen LogP contribution in [0.5, 0.6) is 5.75 Å². The Balaban J connectivity index is 2.40. The third kappa shape index (κ3) is 8.08. The van der Waals surface area contributed by atoms with Crippen LogP contribution in [0.15, 0.2) is 48.5 Å². The summed E-state index contributed by atoms with van der Waals surface area (Å²) in [5, 5.41) is 2.83. The fourth-order valence-electron chi connectivity index (χ4n) is 3.46. The summed E-state index contributed by atoms with van der Waals surface area (Å²) in [5.74, 6) is -0.256. The van der Waals surface area contributed by atoms with Crippen LogP contribution in [0.1, 0.15) is 43.6 Å². The van der Waals surface area contributed by atoms with Gasteiger partial charge < -0.3 is 15.0 Å². The van der Waals surface area contributed by atoms with Gasteiger partial charge in [0.25, 0.3) is 0 Å². The fraction of sp³-hybridized carbons (Fsp3) is 0.423. The van der Waals surface area contributed by atoms with Gasteiger partial charge in [0, 0.05) is 18.7 Å². The van der Waals surface area contributed by atoms with E-state index in [0.29, 0.717) is 17.9 Å². The van der Waals surface area contributed by atoms with Crippen molar-refractivity contribution < 1.29 is 27.5 Å². The molecule has 2 aromatic rings. The predicted molar refractivity (Wildman–Crippen MR) is 139 cm³/mol. The van der Waals surface area contributed by atoms with Crippen LogP contribution < -0.4 is 14.4 Å². The largest absolute Gasteiger partial charge is 0.497 e. The Morgan fingerprint density at radius 1 is 1.03 bits per heavy atom. The van der Waals surface area contributed by atoms with E-state index >= 15 is 0 Å². The number of hydrogen-bond acceptors (Lipinski definition) is 6. The lowest BCUT2D eigenvalue weighted by atomic mass is 10.1. The van der Waals surface area contributed by atoms with Crippen molar-refractivity contribution in [2.75, 3.05) is 30.8 Å². The van der Waals surface area contributed by atoms with E-state index in [4.69, 9.17) is 4.74 Å². The molecule has 0 aliphatic heterocycles. The minimum atomic E-state index is -3.88. The summed E-state index contributed by atoms with van der Waals surface area (Å²) in [7, 11) is -2.33. The molecule has 1 N–H and O–H groups in total. The quantitative estimate of drug-likeness (QED) is 0.433. The zero-order chi connectivity index (χ0) is 27.0. The van der Waals surface area contributed by atoms with Gasteiger partial charge in [0.05, 0.1) is 19.1 Å². The molecule has 1 atom stereocenters. The molecule has 9 nitrogen and oxygen atoms in total. The summed E-state index contributed by atoms with van der Waals surface area (Å²) < 4.78 is 31.4. The Kier molecular flexibility index (Phi) is 10.0. The van der Waals surface area contributed by atoms with E-state index in [0.717, 1.165) is 16.1 Å². The molecule has 2 rings (SSSR count). The number of benzene rings is 2. The zero-order valence-corrected chi connectivity index (χ0v) is 22.5. The number of nitrogens with zero attached hydrogens (tertiary/aromatic N) is 2. The highest BCUT2D eigenvalue weighted by molar-refractivity contribution is 7.92. The Morgan fingerprint density at radius 2 is 1.67 bits per heavy atom. The third-order valence-electron chi connectivity index (χ3n) is 5.58. The SMILES string of the molecule is COc1ccc(CN(C(=O)CN(c2cccc(C(C)=O)c2)S(C)(=O)=O)[C@H](C)C(=O)NCC(C)C)cc1. The van der Waals surface area contributed by atoms with Crippen molar-refractivity contribution in [2.45, 2.75) is 40.3 Å². The van der Waals surface area contributed by atoms with E-state index < -0.39 is 28.5 Å². The van der Waals surface area contributed by atoms with Crippen molar-refractivity contribution in [1.82, 2.24) is 10.2 Å². The number of ketones is 1. The first-order valence-corrected chi connectivity index (χ1v) is 13.5. The fourth-order valence-corrected chi connectivity index (χ4v) is 4.30. The third-order valence-corrected chi connectivity index (χ3v) is 6.72. The van der Waals surface area contributed by atoms with Crippen molar-refractivity contribution in [3.05, 3.63) is 59.7 Å². The lowest BCUT2D eigenvalue weighted by molar-refractivity contribution is -0.139. The van der Waals surface area contributed by atoms with Gasteiger partial charge in [-0.15, -0.1) is 0 Å². The zero-order valence-electron chi connectivity index (χ0n) is 21.6. The average molecular weight is 518 g/mol. The number of hydrogen-bond donors (Lipinski definition) is 1. The predicted octanol–water partition coefficient (Wildman–Crippen LogP) is 2.85. The molecule has 0 saturated heterocycles. The van der Waals surface area contributed by atoms with Gasteiger partial charge in [-0.05, 0) is 49.6 Å². The highest BCUT2D eigenvalue weighted by Crippen LogP contribution is 2.21. The second-order valence-corrected chi connectivity index (χ2v) is 11.0. The van der Waals surface area contributed by atoms with E-state index in [1.54, 1.807) is 50.4 Å². The molecule has 0 spiro atoms. The maximum absolute atomic E-state index is 13.6. The van der Waals surface area contributed by atoms with Crippen LogP contribution >= 0.6 is 0 Å². The summed E-state index contributed by atoms with van der Waals surface area (Å²) in [4.78, 5) is 39.6. The van der Waals surface area contributed by atoms with Crippen LogP contribution in [0.2, 0.25) is 0 Å². The number of sulfonamides is 1. The number of carbonyl (C=O) groups is 3. The van der Waals surface area contributed by atoms with E-state index in [-0.39, 0.29) is 29.8 Å². The Bertz CT molecular complexity index is 1180. The van der Waals surface area contributed by atoms with E-state index in [1.165, 1.54) is 24.0 Å². The van der Waals surface area contributed by atoms with E-state index in [1.807, 2.05) is 13.8 Å². The van der Waals surface area contributed by atoms with Crippen molar-refractivity contribution in [1.29, 1.82) is 0 Å². The van der Waals surface area contributed by atoms with Crippen LogP contribution in [0, 0.1) is 5.92 Å². The van der Waals surface area contributed by atoms with Gasteiger partial charge in [-0.25, -0.2) is 8.42 Å². The minimum Gasteiger partial charge on any atom is -0.497 e. The molecule has 0 fully saturated rings. The van der Waals surface area contributed by atoms with Gasteiger partial charge in [-0.1, -0.05) is 38.1 Å². The molecule has 0 heterocycles. The Hall–Kier alpha value is -3.40. The maximum Gasteiger partial charge on any atom is 0.244 e. The van der Waals surface area contributed by atoms with Crippen LogP contribution in [0.25, 0.3) is 0 Å². The minimum absolute atomic E-state index is 0.0875. The smallest absolute Gasteiger partial charge is 0.244 e. The second-order valence-electron chi connectivity index (χ2n) is 9.06. The Labute approximate surface area is 213 Å². The molecule has 196 valence electrons. The summed E-state index contributed by atoms with van der Waals surface area (Å²) >= 11 is 0. The molecule has 0 aliphatic carbocycles. The number of nitrogens with one attached hydrogen (secondary N) is 1. The lowest BCUT2D eigenvalue weighted by Gasteiger charge is -2.31. The lowest BCUT2D eigenvalue weighted by Crippen LogP contribution is -2.51. The van der Waals surface area contributed by atoms with Crippen LogP contribution in [0.3, 0.4) is 0 Å². The molecule has 36 heavy (non-hydrogen) atoms. The summed E-state index contributed by atoms with van der Waals surface area (Å²) in [6.07, 6.45) is 0.993. The maximum atomic E-state index is 13.6. The van der Waals surface area contributed by atoms with Gasteiger partial charge >= 0.3 is 0 Å². The number of carbonyl (C=O) groups excluding carboxylic acids is 3. The first-order valence-electron chi connectivity index (χ1n) is 11.6. The molecular weight excluding hydrogens is 482 g/mol. The molecule has 2 amide bonds.